The smallest absolute Gasteiger partial charge is 0.303 e. The quantitative estimate of drug-likeness (QED) is 0.594. The number of benzene rings is 1. The van der Waals surface area contributed by atoms with Crippen LogP contribution in [0.3, 0.4) is 0 Å². The predicted octanol–water partition coefficient (Wildman–Crippen LogP) is 2.79. The van der Waals surface area contributed by atoms with E-state index in [9.17, 15) is 23.7 Å². The Hall–Kier alpha value is -2.25. The van der Waals surface area contributed by atoms with Crippen molar-refractivity contribution in [3.8, 4) is 0 Å². The molecule has 0 aliphatic rings. The van der Waals surface area contributed by atoms with Crippen LogP contribution in [0.4, 0.5) is 20.2 Å². The number of hydrogen-bond acceptors (Lipinski definition) is 4. The van der Waals surface area contributed by atoms with E-state index in [4.69, 9.17) is 5.11 Å². The Bertz CT molecular complexity index is 522. The lowest BCUT2D eigenvalue weighted by molar-refractivity contribution is -0.384. The van der Waals surface area contributed by atoms with E-state index >= 15 is 0 Å². The Kier molecular flexibility index (Phi) is 5.36. The summed E-state index contributed by atoms with van der Waals surface area (Å²) in [6, 6.07) is 1.53. The third-order valence-corrected chi connectivity index (χ3v) is 2.88. The van der Waals surface area contributed by atoms with Gasteiger partial charge in [-0.15, -0.1) is 0 Å². The number of carbonyl (C=O) groups is 1. The van der Waals surface area contributed by atoms with E-state index in [1.54, 1.807) is 6.92 Å². The molecule has 1 rings (SSSR count). The second kappa shape index (κ2) is 6.78. The first-order valence-electron chi connectivity index (χ1n) is 5.94. The first-order valence-corrected chi connectivity index (χ1v) is 5.94. The van der Waals surface area contributed by atoms with E-state index in [-0.39, 0.29) is 18.9 Å². The summed E-state index contributed by atoms with van der Waals surface area (Å²) in [6.07, 6.45) is 0.332. The minimum Gasteiger partial charge on any atom is -0.481 e. The molecule has 0 heterocycles. The number of nitrogens with one attached hydrogen (secondary N) is 1. The summed E-state index contributed by atoms with van der Waals surface area (Å²) in [5.74, 6) is -3.91. The van der Waals surface area contributed by atoms with Crippen LogP contribution in [0.1, 0.15) is 19.8 Å². The molecule has 110 valence electrons. The highest BCUT2D eigenvalue weighted by Gasteiger charge is 2.22. The largest absolute Gasteiger partial charge is 0.481 e. The van der Waals surface area contributed by atoms with E-state index in [0.29, 0.717) is 12.5 Å². The molecular formula is C12H14F2N2O4. The summed E-state index contributed by atoms with van der Waals surface area (Å²) in [6.45, 7) is 1.75. The molecule has 0 saturated carbocycles. The SMILES string of the molecule is CCC(CNc1c([N+](=O)[O-])ccc(F)c1F)CC(=O)O. The van der Waals surface area contributed by atoms with Crippen molar-refractivity contribution in [2.45, 2.75) is 19.8 Å². The van der Waals surface area contributed by atoms with E-state index < -0.39 is 33.9 Å². The fraction of sp³-hybridized carbons (Fsp3) is 0.417. The Labute approximate surface area is 113 Å². The zero-order valence-corrected chi connectivity index (χ0v) is 10.7. The van der Waals surface area contributed by atoms with Gasteiger partial charge in [-0.05, 0) is 12.0 Å². The molecule has 20 heavy (non-hydrogen) atoms. The van der Waals surface area contributed by atoms with Gasteiger partial charge in [0, 0.05) is 19.0 Å². The van der Waals surface area contributed by atoms with Crippen molar-refractivity contribution in [2.24, 2.45) is 5.92 Å². The molecule has 1 atom stereocenters. The van der Waals surface area contributed by atoms with Gasteiger partial charge in [0.15, 0.2) is 17.3 Å². The van der Waals surface area contributed by atoms with Gasteiger partial charge >= 0.3 is 5.97 Å². The van der Waals surface area contributed by atoms with Crippen LogP contribution in [-0.4, -0.2) is 22.5 Å². The first kappa shape index (κ1) is 15.8. The third-order valence-electron chi connectivity index (χ3n) is 2.88. The zero-order valence-electron chi connectivity index (χ0n) is 10.7. The lowest BCUT2D eigenvalue weighted by Crippen LogP contribution is -2.18. The highest BCUT2D eigenvalue weighted by Crippen LogP contribution is 2.29. The Balaban J connectivity index is 2.93. The van der Waals surface area contributed by atoms with Gasteiger partial charge in [0.2, 0.25) is 0 Å². The van der Waals surface area contributed by atoms with Crippen LogP contribution >= 0.6 is 0 Å². The van der Waals surface area contributed by atoms with Crippen molar-refractivity contribution in [2.75, 3.05) is 11.9 Å². The van der Waals surface area contributed by atoms with Gasteiger partial charge in [-0.1, -0.05) is 13.3 Å². The summed E-state index contributed by atoms with van der Waals surface area (Å²) in [4.78, 5) is 20.5. The molecule has 8 heteroatoms. The third kappa shape index (κ3) is 3.87. The topological polar surface area (TPSA) is 92.5 Å². The average Bonchev–Trinajstić information content (AvgIpc) is 2.37. The Morgan fingerprint density at radius 1 is 1.50 bits per heavy atom. The van der Waals surface area contributed by atoms with E-state index in [0.717, 1.165) is 6.07 Å². The molecule has 0 aliphatic heterocycles. The van der Waals surface area contributed by atoms with Crippen molar-refractivity contribution < 1.29 is 23.6 Å². The molecule has 2 N–H and O–H groups in total. The van der Waals surface area contributed by atoms with Gasteiger partial charge in [0.25, 0.3) is 5.69 Å². The average molecular weight is 288 g/mol. The molecule has 0 spiro atoms. The molecule has 0 aromatic heterocycles. The number of halogens is 2. The summed E-state index contributed by atoms with van der Waals surface area (Å²) in [5.41, 5.74) is -1.15. The maximum absolute atomic E-state index is 13.6. The van der Waals surface area contributed by atoms with E-state index in [1.807, 2.05) is 0 Å². The second-order valence-electron chi connectivity index (χ2n) is 4.27. The normalized spacial score (nSPS) is 11.9. The minimum absolute atomic E-state index is 0.00398. The van der Waals surface area contributed by atoms with Crippen LogP contribution in [-0.2, 0) is 4.79 Å². The van der Waals surface area contributed by atoms with Gasteiger partial charge in [-0.2, -0.15) is 0 Å². The fourth-order valence-corrected chi connectivity index (χ4v) is 1.71. The number of rotatable bonds is 7. The number of aliphatic carboxylic acids is 1. The van der Waals surface area contributed by atoms with Crippen molar-refractivity contribution in [1.29, 1.82) is 0 Å². The summed E-state index contributed by atoms with van der Waals surface area (Å²) < 4.78 is 26.7. The van der Waals surface area contributed by atoms with Crippen molar-refractivity contribution in [1.82, 2.24) is 0 Å². The molecule has 1 aromatic carbocycles. The monoisotopic (exact) mass is 288 g/mol. The zero-order chi connectivity index (χ0) is 15.3. The van der Waals surface area contributed by atoms with Crippen LogP contribution in [0.5, 0.6) is 0 Å². The molecule has 0 radical (unpaired) electrons. The molecule has 0 bridgehead atoms. The highest BCUT2D eigenvalue weighted by atomic mass is 19.2. The Morgan fingerprint density at radius 3 is 2.65 bits per heavy atom. The molecular weight excluding hydrogens is 274 g/mol. The predicted molar refractivity (Wildman–Crippen MR) is 67.5 cm³/mol. The van der Waals surface area contributed by atoms with Crippen molar-refractivity contribution in [3.05, 3.63) is 33.9 Å². The number of nitrogens with zero attached hydrogens (tertiary/aromatic N) is 1. The van der Waals surface area contributed by atoms with Crippen molar-refractivity contribution >= 4 is 17.3 Å². The summed E-state index contributed by atoms with van der Waals surface area (Å²) in [7, 11) is 0. The lowest BCUT2D eigenvalue weighted by atomic mass is 10.0. The maximum Gasteiger partial charge on any atom is 0.303 e. The van der Waals surface area contributed by atoms with Gasteiger partial charge in [0.1, 0.15) is 0 Å². The highest BCUT2D eigenvalue weighted by molar-refractivity contribution is 5.67. The Morgan fingerprint density at radius 2 is 2.15 bits per heavy atom. The first-order chi connectivity index (χ1) is 9.36. The van der Waals surface area contributed by atoms with Crippen LogP contribution in [0.2, 0.25) is 0 Å². The van der Waals surface area contributed by atoms with Crippen molar-refractivity contribution in [3.63, 3.8) is 0 Å². The minimum atomic E-state index is -1.34. The van der Waals surface area contributed by atoms with Crippen LogP contribution in [0.15, 0.2) is 12.1 Å². The number of hydrogen-bond donors (Lipinski definition) is 2. The fourth-order valence-electron chi connectivity index (χ4n) is 1.71. The van der Waals surface area contributed by atoms with E-state index in [1.165, 1.54) is 0 Å². The lowest BCUT2D eigenvalue weighted by Gasteiger charge is -2.15. The molecule has 0 aliphatic carbocycles. The number of anilines is 1. The van der Waals surface area contributed by atoms with Gasteiger partial charge in [-0.3, -0.25) is 14.9 Å². The number of carboxylic acids is 1. The van der Waals surface area contributed by atoms with Crippen LogP contribution in [0.25, 0.3) is 0 Å². The van der Waals surface area contributed by atoms with E-state index in [2.05, 4.69) is 5.32 Å². The maximum atomic E-state index is 13.6. The van der Waals surface area contributed by atoms with Gasteiger partial charge < -0.3 is 10.4 Å². The number of nitro groups is 1. The molecule has 6 nitrogen and oxygen atoms in total. The second-order valence-corrected chi connectivity index (χ2v) is 4.27. The molecule has 0 amide bonds. The van der Waals surface area contributed by atoms with Crippen LogP contribution < -0.4 is 5.32 Å². The number of nitro benzene ring substituents is 1. The summed E-state index contributed by atoms with van der Waals surface area (Å²) >= 11 is 0. The summed E-state index contributed by atoms with van der Waals surface area (Å²) in [5, 5.41) is 21.9. The molecule has 1 aromatic rings. The van der Waals surface area contributed by atoms with Crippen LogP contribution in [0, 0.1) is 27.7 Å². The van der Waals surface area contributed by atoms with Gasteiger partial charge in [-0.25, -0.2) is 8.78 Å². The molecule has 1 unspecified atom stereocenters. The number of carboxylic acid groups (broad SMARTS) is 1. The standard InChI is InChI=1S/C12H14F2N2O4/c1-2-7(5-10(17)18)6-15-12-9(16(19)20)4-3-8(13)11(12)14/h3-4,7,15H,2,5-6H2,1H3,(H,17,18). The molecule has 0 fully saturated rings. The molecule has 0 saturated heterocycles. The van der Waals surface area contributed by atoms with Gasteiger partial charge in [0.05, 0.1) is 4.92 Å².